The molecule has 5 nitrogen and oxygen atoms in total. The number of likely N-dealkylation sites (tertiary alicyclic amines) is 3. The van der Waals surface area contributed by atoms with Crippen LogP contribution in [-0.2, 0) is 11.3 Å². The molecule has 0 aromatic heterocycles. The highest BCUT2D eigenvalue weighted by atomic mass is 16.6. The van der Waals surface area contributed by atoms with Crippen LogP contribution in [0.25, 0.3) is 0 Å². The molecule has 3 aliphatic rings. The van der Waals surface area contributed by atoms with E-state index >= 15 is 0 Å². The van der Waals surface area contributed by atoms with Gasteiger partial charge in [-0.15, -0.1) is 0 Å². The van der Waals surface area contributed by atoms with Gasteiger partial charge in [0.25, 0.3) is 0 Å². The van der Waals surface area contributed by atoms with Crippen molar-refractivity contribution in [1.82, 2.24) is 14.7 Å². The number of benzene rings is 1. The van der Waals surface area contributed by atoms with Crippen LogP contribution in [0.15, 0.2) is 30.3 Å². The third kappa shape index (κ3) is 5.81. The van der Waals surface area contributed by atoms with Crippen molar-refractivity contribution in [3.05, 3.63) is 35.9 Å². The summed E-state index contributed by atoms with van der Waals surface area (Å²) in [6.07, 6.45) is 6.12. The largest absolute Gasteiger partial charge is 0.445 e. The van der Waals surface area contributed by atoms with E-state index in [1.54, 1.807) is 0 Å². The first-order valence-corrected chi connectivity index (χ1v) is 12.3. The summed E-state index contributed by atoms with van der Waals surface area (Å²) in [7, 11) is 0. The summed E-state index contributed by atoms with van der Waals surface area (Å²) < 4.78 is 5.52. The van der Waals surface area contributed by atoms with Crippen molar-refractivity contribution in [3.63, 3.8) is 0 Å². The summed E-state index contributed by atoms with van der Waals surface area (Å²) in [6, 6.07) is 9.92. The fourth-order valence-electron chi connectivity index (χ4n) is 5.72. The van der Waals surface area contributed by atoms with Crippen molar-refractivity contribution < 1.29 is 9.53 Å². The van der Waals surface area contributed by atoms with E-state index < -0.39 is 0 Å². The van der Waals surface area contributed by atoms with Crippen LogP contribution >= 0.6 is 0 Å². The number of nitrogens with zero attached hydrogens (tertiary/aromatic N) is 3. The van der Waals surface area contributed by atoms with Crippen LogP contribution in [0.1, 0.15) is 58.4 Å². The molecule has 1 aromatic rings. The van der Waals surface area contributed by atoms with Gasteiger partial charge in [0.2, 0.25) is 0 Å². The second-order valence-corrected chi connectivity index (χ2v) is 11.1. The van der Waals surface area contributed by atoms with Crippen LogP contribution in [-0.4, -0.2) is 72.1 Å². The van der Waals surface area contributed by atoms with Gasteiger partial charge in [-0.2, -0.15) is 0 Å². The number of hydrogen-bond acceptors (Lipinski definition) is 4. The van der Waals surface area contributed by atoms with Crippen LogP contribution in [0, 0.1) is 11.3 Å². The van der Waals surface area contributed by atoms with Crippen molar-refractivity contribution >= 4 is 6.09 Å². The van der Waals surface area contributed by atoms with Crippen molar-refractivity contribution in [2.75, 3.05) is 45.8 Å². The molecule has 0 N–H and O–H groups in total. The molecule has 1 amide bonds. The lowest BCUT2D eigenvalue weighted by Gasteiger charge is -2.45. The molecule has 0 unspecified atom stereocenters. The van der Waals surface area contributed by atoms with E-state index in [9.17, 15) is 4.79 Å². The maximum absolute atomic E-state index is 12.4. The Morgan fingerprint density at radius 1 is 1.00 bits per heavy atom. The van der Waals surface area contributed by atoms with Crippen molar-refractivity contribution in [2.24, 2.45) is 11.3 Å². The number of amides is 1. The van der Waals surface area contributed by atoms with Gasteiger partial charge in [-0.05, 0) is 89.4 Å². The standard InChI is InChI=1S/C26H41N3O2/c1-25(2,3)29-17-12-26(13-18-29)11-16-27(21-26)19-22-9-14-28(15-10-22)24(30)31-20-23-7-5-4-6-8-23/h4-8,22H,9-21H2,1-3H3. The van der Waals surface area contributed by atoms with Crippen molar-refractivity contribution in [3.8, 4) is 0 Å². The lowest BCUT2D eigenvalue weighted by molar-refractivity contribution is 0.0441. The topological polar surface area (TPSA) is 36.0 Å². The fraction of sp³-hybridized carbons (Fsp3) is 0.731. The van der Waals surface area contributed by atoms with E-state index in [0.717, 1.165) is 31.5 Å². The number of rotatable bonds is 4. The third-order valence-corrected chi connectivity index (χ3v) is 7.88. The van der Waals surface area contributed by atoms with Gasteiger partial charge in [0.1, 0.15) is 6.61 Å². The van der Waals surface area contributed by atoms with Gasteiger partial charge in [0.05, 0.1) is 0 Å². The molecule has 172 valence electrons. The van der Waals surface area contributed by atoms with E-state index in [-0.39, 0.29) is 6.09 Å². The highest BCUT2D eigenvalue weighted by Crippen LogP contribution is 2.42. The van der Waals surface area contributed by atoms with Gasteiger partial charge >= 0.3 is 6.09 Å². The minimum atomic E-state index is -0.159. The Hall–Kier alpha value is -1.59. The monoisotopic (exact) mass is 427 g/mol. The minimum absolute atomic E-state index is 0.159. The predicted octanol–water partition coefficient (Wildman–Crippen LogP) is 4.62. The second kappa shape index (κ2) is 9.50. The zero-order valence-electron chi connectivity index (χ0n) is 19.8. The smallest absolute Gasteiger partial charge is 0.410 e. The highest BCUT2D eigenvalue weighted by Gasteiger charge is 2.42. The number of piperidine rings is 2. The Balaban J connectivity index is 1.17. The molecule has 0 radical (unpaired) electrons. The van der Waals surface area contributed by atoms with Crippen LogP contribution in [0.2, 0.25) is 0 Å². The normalized spacial score (nSPS) is 23.4. The predicted molar refractivity (Wildman–Crippen MR) is 125 cm³/mol. The average molecular weight is 428 g/mol. The van der Waals surface area contributed by atoms with Crippen LogP contribution in [0.3, 0.4) is 0 Å². The van der Waals surface area contributed by atoms with Crippen LogP contribution in [0.4, 0.5) is 4.79 Å². The number of carbonyl (C=O) groups excluding carboxylic acids is 1. The molecule has 3 aliphatic heterocycles. The van der Waals surface area contributed by atoms with Crippen LogP contribution < -0.4 is 0 Å². The molecule has 3 fully saturated rings. The molecule has 31 heavy (non-hydrogen) atoms. The highest BCUT2D eigenvalue weighted by molar-refractivity contribution is 5.67. The molecule has 0 atom stereocenters. The first-order valence-electron chi connectivity index (χ1n) is 12.3. The molecule has 3 saturated heterocycles. The second-order valence-electron chi connectivity index (χ2n) is 11.1. The summed E-state index contributed by atoms with van der Waals surface area (Å²) >= 11 is 0. The molecule has 0 aliphatic carbocycles. The van der Waals surface area contributed by atoms with Gasteiger partial charge in [-0.25, -0.2) is 4.79 Å². The van der Waals surface area contributed by atoms with Gasteiger partial charge < -0.3 is 14.5 Å². The first-order chi connectivity index (χ1) is 14.8. The van der Waals surface area contributed by atoms with E-state index in [0.29, 0.717) is 23.5 Å². The SMILES string of the molecule is CC(C)(C)N1CCC2(CCN(CC3CCN(C(=O)OCc4ccccc4)CC3)C2)CC1. The summed E-state index contributed by atoms with van der Waals surface area (Å²) in [6.45, 7) is 15.3. The lowest BCUT2D eigenvalue weighted by Crippen LogP contribution is -2.49. The maximum Gasteiger partial charge on any atom is 0.410 e. The lowest BCUT2D eigenvalue weighted by atomic mass is 9.77. The zero-order valence-corrected chi connectivity index (χ0v) is 19.8. The van der Waals surface area contributed by atoms with Crippen molar-refractivity contribution in [1.29, 1.82) is 0 Å². The summed E-state index contributed by atoms with van der Waals surface area (Å²) in [5, 5.41) is 0. The van der Waals surface area contributed by atoms with Gasteiger partial charge in [0.15, 0.2) is 0 Å². The van der Waals surface area contributed by atoms with E-state index in [1.165, 1.54) is 52.0 Å². The maximum atomic E-state index is 12.4. The Morgan fingerprint density at radius 2 is 1.65 bits per heavy atom. The van der Waals surface area contributed by atoms with E-state index in [4.69, 9.17) is 4.74 Å². The van der Waals surface area contributed by atoms with Crippen LogP contribution in [0.5, 0.6) is 0 Å². The Kier molecular flexibility index (Phi) is 6.92. The molecular weight excluding hydrogens is 386 g/mol. The molecule has 5 heteroatoms. The van der Waals surface area contributed by atoms with Gasteiger partial charge in [-0.3, -0.25) is 4.90 Å². The van der Waals surface area contributed by atoms with E-state index in [2.05, 4.69) is 30.6 Å². The third-order valence-electron chi connectivity index (χ3n) is 7.88. The molecule has 0 bridgehead atoms. The minimum Gasteiger partial charge on any atom is -0.445 e. The Bertz CT molecular complexity index is 714. The van der Waals surface area contributed by atoms with Gasteiger partial charge in [0, 0.05) is 31.7 Å². The molecule has 1 aromatic carbocycles. The molecule has 4 rings (SSSR count). The summed E-state index contributed by atoms with van der Waals surface area (Å²) in [5.41, 5.74) is 1.90. The first kappa shape index (κ1) is 22.6. The van der Waals surface area contributed by atoms with E-state index in [1.807, 2.05) is 35.2 Å². The molecule has 0 saturated carbocycles. The quantitative estimate of drug-likeness (QED) is 0.702. The Labute approximate surface area is 188 Å². The van der Waals surface area contributed by atoms with Gasteiger partial charge in [-0.1, -0.05) is 30.3 Å². The number of ether oxygens (including phenoxy) is 1. The molecule has 3 heterocycles. The summed E-state index contributed by atoms with van der Waals surface area (Å²) in [5.74, 6) is 0.711. The molecular formula is C26H41N3O2. The molecule has 1 spiro atoms. The summed E-state index contributed by atoms with van der Waals surface area (Å²) in [4.78, 5) is 19.7. The average Bonchev–Trinajstić information content (AvgIpc) is 3.14. The number of carbonyl (C=O) groups is 1. The van der Waals surface area contributed by atoms with Crippen molar-refractivity contribution in [2.45, 2.75) is 65.0 Å². The Morgan fingerprint density at radius 3 is 2.29 bits per heavy atom. The fourth-order valence-corrected chi connectivity index (χ4v) is 5.72. The zero-order chi connectivity index (χ0) is 21.9. The number of hydrogen-bond donors (Lipinski definition) is 0.